The van der Waals surface area contributed by atoms with Gasteiger partial charge in [-0.3, -0.25) is 14.9 Å². The number of hydrogen-bond donors (Lipinski definition) is 2. The molecule has 0 saturated carbocycles. The quantitative estimate of drug-likeness (QED) is 0.445. The lowest BCUT2D eigenvalue weighted by Crippen LogP contribution is -2.41. The number of ether oxygens (including phenoxy) is 1. The largest absolute Gasteiger partial charge is 0.460 e. The van der Waals surface area contributed by atoms with E-state index < -0.39 is 23.0 Å². The maximum absolute atomic E-state index is 11.3. The number of nitro groups is 1. The summed E-state index contributed by atoms with van der Waals surface area (Å²) in [5, 5.41) is 19.5. The SMILES string of the molecule is C[C@@H](O)[C@H](N)C(=O)OCc1ccc([N+](=O)[O-])cc1. The number of nitro benzene ring substituents is 1. The number of carbonyl (C=O) groups is 1. The molecule has 0 unspecified atom stereocenters. The molecule has 0 radical (unpaired) electrons. The Morgan fingerprint density at radius 2 is 2.06 bits per heavy atom. The first-order valence-electron chi connectivity index (χ1n) is 5.25. The second-order valence-electron chi connectivity index (χ2n) is 3.80. The highest BCUT2D eigenvalue weighted by Crippen LogP contribution is 2.12. The van der Waals surface area contributed by atoms with Crippen molar-refractivity contribution in [2.24, 2.45) is 5.73 Å². The zero-order chi connectivity index (χ0) is 13.7. The number of esters is 1. The van der Waals surface area contributed by atoms with Crippen LogP contribution in [-0.4, -0.2) is 28.1 Å². The van der Waals surface area contributed by atoms with Crippen LogP contribution in [0.1, 0.15) is 12.5 Å². The Labute approximate surface area is 103 Å². The van der Waals surface area contributed by atoms with E-state index in [0.717, 1.165) is 0 Å². The number of aliphatic hydroxyl groups excluding tert-OH is 1. The van der Waals surface area contributed by atoms with Crippen molar-refractivity contribution in [1.82, 2.24) is 0 Å². The van der Waals surface area contributed by atoms with Crippen LogP contribution in [-0.2, 0) is 16.1 Å². The molecule has 18 heavy (non-hydrogen) atoms. The van der Waals surface area contributed by atoms with Crippen molar-refractivity contribution < 1.29 is 19.6 Å². The molecule has 0 aromatic heterocycles. The molecule has 0 saturated heterocycles. The van der Waals surface area contributed by atoms with Crippen LogP contribution < -0.4 is 5.73 Å². The normalized spacial score (nSPS) is 13.7. The Kier molecular flexibility index (Phi) is 4.75. The Balaban J connectivity index is 2.54. The second-order valence-corrected chi connectivity index (χ2v) is 3.80. The summed E-state index contributed by atoms with van der Waals surface area (Å²) in [7, 11) is 0. The van der Waals surface area contributed by atoms with Crippen molar-refractivity contribution in [1.29, 1.82) is 0 Å². The summed E-state index contributed by atoms with van der Waals surface area (Å²) in [6, 6.07) is 4.51. The summed E-state index contributed by atoms with van der Waals surface area (Å²) in [5.74, 6) is -0.719. The third kappa shape index (κ3) is 3.79. The molecule has 0 aliphatic rings. The maximum atomic E-state index is 11.3. The monoisotopic (exact) mass is 254 g/mol. The predicted octanol–water partition coefficient (Wildman–Crippen LogP) is 0.346. The molecule has 7 nitrogen and oxygen atoms in total. The van der Waals surface area contributed by atoms with E-state index >= 15 is 0 Å². The molecule has 2 atom stereocenters. The highest BCUT2D eigenvalue weighted by atomic mass is 16.6. The van der Waals surface area contributed by atoms with E-state index in [1.54, 1.807) is 0 Å². The Morgan fingerprint density at radius 1 is 1.50 bits per heavy atom. The molecule has 0 heterocycles. The van der Waals surface area contributed by atoms with Crippen LogP contribution in [0.2, 0.25) is 0 Å². The molecule has 3 N–H and O–H groups in total. The Bertz CT molecular complexity index is 430. The van der Waals surface area contributed by atoms with Gasteiger partial charge in [-0.1, -0.05) is 0 Å². The van der Waals surface area contributed by atoms with E-state index in [9.17, 15) is 14.9 Å². The summed E-state index contributed by atoms with van der Waals surface area (Å²) >= 11 is 0. The van der Waals surface area contributed by atoms with E-state index in [0.29, 0.717) is 5.56 Å². The number of benzene rings is 1. The van der Waals surface area contributed by atoms with Crippen LogP contribution in [0.25, 0.3) is 0 Å². The van der Waals surface area contributed by atoms with Crippen molar-refractivity contribution in [3.8, 4) is 0 Å². The molecule has 0 amide bonds. The fraction of sp³-hybridized carbons (Fsp3) is 0.364. The van der Waals surface area contributed by atoms with Gasteiger partial charge in [0.2, 0.25) is 0 Å². The zero-order valence-corrected chi connectivity index (χ0v) is 9.78. The van der Waals surface area contributed by atoms with Gasteiger partial charge >= 0.3 is 5.97 Å². The van der Waals surface area contributed by atoms with Crippen LogP contribution in [0.5, 0.6) is 0 Å². The van der Waals surface area contributed by atoms with Crippen molar-refractivity contribution in [3.63, 3.8) is 0 Å². The number of non-ortho nitro benzene ring substituents is 1. The average molecular weight is 254 g/mol. The third-order valence-electron chi connectivity index (χ3n) is 2.32. The lowest BCUT2D eigenvalue weighted by atomic mass is 10.2. The van der Waals surface area contributed by atoms with Crippen LogP contribution in [0, 0.1) is 10.1 Å². The molecular weight excluding hydrogens is 240 g/mol. The summed E-state index contributed by atoms with van der Waals surface area (Å²) < 4.78 is 4.86. The summed E-state index contributed by atoms with van der Waals surface area (Å²) in [4.78, 5) is 21.2. The second kappa shape index (κ2) is 6.08. The van der Waals surface area contributed by atoms with Crippen molar-refractivity contribution in [2.75, 3.05) is 0 Å². The lowest BCUT2D eigenvalue weighted by molar-refractivity contribution is -0.384. The van der Waals surface area contributed by atoms with E-state index in [-0.39, 0.29) is 12.3 Å². The molecule has 0 bridgehead atoms. The van der Waals surface area contributed by atoms with Gasteiger partial charge in [-0.2, -0.15) is 0 Å². The first-order valence-corrected chi connectivity index (χ1v) is 5.25. The van der Waals surface area contributed by atoms with Crippen LogP contribution in [0.4, 0.5) is 5.69 Å². The smallest absolute Gasteiger partial charge is 0.325 e. The van der Waals surface area contributed by atoms with E-state index in [4.69, 9.17) is 15.6 Å². The van der Waals surface area contributed by atoms with Gasteiger partial charge in [-0.15, -0.1) is 0 Å². The molecule has 0 fully saturated rings. The molecule has 1 aromatic rings. The Hall–Kier alpha value is -1.99. The van der Waals surface area contributed by atoms with Crippen LogP contribution in [0.15, 0.2) is 24.3 Å². The highest BCUT2D eigenvalue weighted by molar-refractivity contribution is 5.76. The molecule has 0 aliphatic carbocycles. The first kappa shape index (κ1) is 14.1. The number of hydrogen-bond acceptors (Lipinski definition) is 6. The zero-order valence-electron chi connectivity index (χ0n) is 9.78. The van der Waals surface area contributed by atoms with Gasteiger partial charge in [-0.25, -0.2) is 0 Å². The number of rotatable bonds is 5. The standard InChI is InChI=1S/C11H14N2O5/c1-7(14)10(12)11(15)18-6-8-2-4-9(5-3-8)13(16)17/h2-5,7,10,14H,6,12H2,1H3/t7-,10+/m1/s1. The van der Waals surface area contributed by atoms with Crippen molar-refractivity contribution in [3.05, 3.63) is 39.9 Å². The van der Waals surface area contributed by atoms with Gasteiger partial charge in [0.05, 0.1) is 11.0 Å². The molecule has 1 rings (SSSR count). The highest BCUT2D eigenvalue weighted by Gasteiger charge is 2.20. The van der Waals surface area contributed by atoms with Crippen LogP contribution >= 0.6 is 0 Å². The Morgan fingerprint density at radius 3 is 2.50 bits per heavy atom. The number of aliphatic hydroxyl groups is 1. The molecule has 7 heteroatoms. The molecule has 1 aromatic carbocycles. The molecule has 98 valence electrons. The van der Waals surface area contributed by atoms with Crippen LogP contribution in [0.3, 0.4) is 0 Å². The molecule has 0 aliphatic heterocycles. The number of carbonyl (C=O) groups excluding carboxylic acids is 1. The van der Waals surface area contributed by atoms with Gasteiger partial charge in [0, 0.05) is 12.1 Å². The van der Waals surface area contributed by atoms with Gasteiger partial charge < -0.3 is 15.6 Å². The summed E-state index contributed by atoms with van der Waals surface area (Å²) in [5.41, 5.74) is 5.94. The van der Waals surface area contributed by atoms with Gasteiger partial charge in [0.15, 0.2) is 0 Å². The average Bonchev–Trinajstić information content (AvgIpc) is 2.35. The van der Waals surface area contributed by atoms with Crippen molar-refractivity contribution in [2.45, 2.75) is 25.7 Å². The number of nitrogens with two attached hydrogens (primary N) is 1. The summed E-state index contributed by atoms with van der Waals surface area (Å²) in [6.07, 6.45) is -0.991. The van der Waals surface area contributed by atoms with E-state index in [2.05, 4.69) is 0 Å². The minimum absolute atomic E-state index is 0.0363. The third-order valence-corrected chi connectivity index (χ3v) is 2.32. The first-order chi connectivity index (χ1) is 8.41. The fourth-order valence-corrected chi connectivity index (χ4v) is 1.16. The van der Waals surface area contributed by atoms with Gasteiger partial charge in [0.1, 0.15) is 12.6 Å². The van der Waals surface area contributed by atoms with Gasteiger partial charge in [0.25, 0.3) is 5.69 Å². The van der Waals surface area contributed by atoms with E-state index in [1.165, 1.54) is 31.2 Å². The lowest BCUT2D eigenvalue weighted by Gasteiger charge is -2.13. The minimum atomic E-state index is -1.09. The molecule has 0 spiro atoms. The number of nitrogens with zero attached hydrogens (tertiary/aromatic N) is 1. The maximum Gasteiger partial charge on any atom is 0.325 e. The minimum Gasteiger partial charge on any atom is -0.460 e. The van der Waals surface area contributed by atoms with Gasteiger partial charge in [-0.05, 0) is 24.6 Å². The predicted molar refractivity (Wildman–Crippen MR) is 62.5 cm³/mol. The fourth-order valence-electron chi connectivity index (χ4n) is 1.16. The van der Waals surface area contributed by atoms with E-state index in [1.807, 2.05) is 0 Å². The van der Waals surface area contributed by atoms with Crippen molar-refractivity contribution >= 4 is 11.7 Å². The summed E-state index contributed by atoms with van der Waals surface area (Å²) in [6.45, 7) is 1.34. The molecular formula is C11H14N2O5. The topological polar surface area (TPSA) is 116 Å².